The van der Waals surface area contributed by atoms with Crippen LogP contribution in [0.3, 0.4) is 0 Å². The summed E-state index contributed by atoms with van der Waals surface area (Å²) in [5.74, 6) is -0.385. The SMILES string of the molecule is CC(C)c1ccc(/C=C/C(=O)NCCCCCC(=O)O)cc1. The van der Waals surface area contributed by atoms with Crippen molar-refractivity contribution in [1.29, 1.82) is 0 Å². The van der Waals surface area contributed by atoms with E-state index in [1.807, 2.05) is 12.1 Å². The molecule has 0 saturated carbocycles. The van der Waals surface area contributed by atoms with Gasteiger partial charge in [-0.3, -0.25) is 9.59 Å². The minimum atomic E-state index is -0.768. The molecule has 0 aromatic heterocycles. The molecule has 0 aliphatic rings. The Morgan fingerprint density at radius 2 is 1.82 bits per heavy atom. The Labute approximate surface area is 132 Å². The van der Waals surface area contributed by atoms with Crippen LogP contribution in [0.2, 0.25) is 0 Å². The second kappa shape index (κ2) is 9.77. The topological polar surface area (TPSA) is 66.4 Å². The summed E-state index contributed by atoms with van der Waals surface area (Å²) in [5.41, 5.74) is 2.28. The first-order valence-electron chi connectivity index (χ1n) is 7.76. The highest BCUT2D eigenvalue weighted by Gasteiger charge is 1.99. The first-order chi connectivity index (χ1) is 10.5. The Bertz CT molecular complexity index is 504. The molecular formula is C18H25NO3. The molecule has 1 rings (SSSR count). The van der Waals surface area contributed by atoms with E-state index in [1.54, 1.807) is 6.08 Å². The first-order valence-corrected chi connectivity index (χ1v) is 7.76. The smallest absolute Gasteiger partial charge is 0.303 e. The fourth-order valence-electron chi connectivity index (χ4n) is 2.01. The Morgan fingerprint density at radius 3 is 2.41 bits per heavy atom. The number of nitrogens with one attached hydrogen (secondary N) is 1. The van der Waals surface area contributed by atoms with Gasteiger partial charge in [0.2, 0.25) is 5.91 Å². The Morgan fingerprint density at radius 1 is 1.14 bits per heavy atom. The molecule has 4 nitrogen and oxygen atoms in total. The fourth-order valence-corrected chi connectivity index (χ4v) is 2.01. The second-order valence-electron chi connectivity index (χ2n) is 5.65. The zero-order valence-electron chi connectivity index (χ0n) is 13.3. The Hall–Kier alpha value is -2.10. The normalized spacial score (nSPS) is 11.0. The maximum Gasteiger partial charge on any atom is 0.303 e. The molecule has 0 bridgehead atoms. The Balaban J connectivity index is 2.25. The summed E-state index contributed by atoms with van der Waals surface area (Å²) in [4.78, 5) is 22.0. The number of benzene rings is 1. The molecule has 0 aliphatic carbocycles. The van der Waals surface area contributed by atoms with Crippen LogP contribution in [-0.2, 0) is 9.59 Å². The van der Waals surface area contributed by atoms with Gasteiger partial charge in [-0.2, -0.15) is 0 Å². The summed E-state index contributed by atoms with van der Waals surface area (Å²) in [6.07, 6.45) is 5.79. The summed E-state index contributed by atoms with van der Waals surface area (Å²) in [5, 5.41) is 11.3. The molecule has 0 fully saturated rings. The van der Waals surface area contributed by atoms with Gasteiger partial charge in [-0.25, -0.2) is 0 Å². The molecule has 0 spiro atoms. The zero-order valence-corrected chi connectivity index (χ0v) is 13.3. The molecule has 0 unspecified atom stereocenters. The zero-order chi connectivity index (χ0) is 16.4. The van der Waals surface area contributed by atoms with Gasteiger partial charge in [0.25, 0.3) is 0 Å². The lowest BCUT2D eigenvalue weighted by Gasteiger charge is -2.04. The number of unbranched alkanes of at least 4 members (excludes halogenated alkanes) is 2. The summed E-state index contributed by atoms with van der Waals surface area (Å²) < 4.78 is 0. The van der Waals surface area contributed by atoms with E-state index in [-0.39, 0.29) is 12.3 Å². The van der Waals surface area contributed by atoms with Crippen molar-refractivity contribution in [3.8, 4) is 0 Å². The summed E-state index contributed by atoms with van der Waals surface area (Å²) in [6, 6.07) is 8.16. The number of hydrogen-bond acceptors (Lipinski definition) is 2. The second-order valence-corrected chi connectivity index (χ2v) is 5.65. The van der Waals surface area contributed by atoms with Gasteiger partial charge >= 0.3 is 5.97 Å². The van der Waals surface area contributed by atoms with Gasteiger partial charge in [-0.05, 0) is 36.0 Å². The van der Waals surface area contributed by atoms with Crippen LogP contribution >= 0.6 is 0 Å². The van der Waals surface area contributed by atoms with Crippen LogP contribution in [0.15, 0.2) is 30.3 Å². The molecule has 22 heavy (non-hydrogen) atoms. The largest absolute Gasteiger partial charge is 0.481 e. The van der Waals surface area contributed by atoms with E-state index in [0.29, 0.717) is 18.9 Å². The van der Waals surface area contributed by atoms with Gasteiger partial charge < -0.3 is 10.4 Å². The van der Waals surface area contributed by atoms with Crippen molar-refractivity contribution in [3.63, 3.8) is 0 Å². The van der Waals surface area contributed by atoms with E-state index in [0.717, 1.165) is 18.4 Å². The summed E-state index contributed by atoms with van der Waals surface area (Å²) in [6.45, 7) is 4.87. The number of hydrogen-bond donors (Lipinski definition) is 2. The van der Waals surface area contributed by atoms with Crippen LogP contribution < -0.4 is 5.32 Å². The van der Waals surface area contributed by atoms with Crippen molar-refractivity contribution < 1.29 is 14.7 Å². The molecule has 0 atom stereocenters. The van der Waals surface area contributed by atoms with Crippen molar-refractivity contribution in [2.45, 2.75) is 45.4 Å². The van der Waals surface area contributed by atoms with Gasteiger partial charge in [0.1, 0.15) is 0 Å². The lowest BCUT2D eigenvalue weighted by atomic mass is 10.0. The monoisotopic (exact) mass is 303 g/mol. The molecule has 120 valence electrons. The van der Waals surface area contributed by atoms with Crippen LogP contribution in [0.25, 0.3) is 6.08 Å². The third-order valence-electron chi connectivity index (χ3n) is 3.40. The number of amides is 1. The molecular weight excluding hydrogens is 278 g/mol. The standard InChI is InChI=1S/C18H25NO3/c1-14(2)16-10-7-15(8-11-16)9-12-17(20)19-13-5-3-4-6-18(21)22/h7-12,14H,3-6,13H2,1-2H3,(H,19,20)(H,21,22)/b12-9+. The molecule has 1 aromatic rings. The quantitative estimate of drug-likeness (QED) is 0.541. The molecule has 2 N–H and O–H groups in total. The van der Waals surface area contributed by atoms with Crippen molar-refractivity contribution >= 4 is 18.0 Å². The number of carbonyl (C=O) groups is 2. The van der Waals surface area contributed by atoms with Crippen molar-refractivity contribution in [1.82, 2.24) is 5.32 Å². The van der Waals surface area contributed by atoms with E-state index in [1.165, 1.54) is 11.6 Å². The van der Waals surface area contributed by atoms with Crippen LogP contribution in [-0.4, -0.2) is 23.5 Å². The summed E-state index contributed by atoms with van der Waals surface area (Å²) >= 11 is 0. The van der Waals surface area contributed by atoms with Crippen LogP contribution in [0.1, 0.15) is 56.6 Å². The van der Waals surface area contributed by atoms with Crippen LogP contribution in [0.4, 0.5) is 0 Å². The summed E-state index contributed by atoms with van der Waals surface area (Å²) in [7, 11) is 0. The van der Waals surface area contributed by atoms with E-state index in [9.17, 15) is 9.59 Å². The van der Waals surface area contributed by atoms with Gasteiger partial charge in [0.15, 0.2) is 0 Å². The maximum atomic E-state index is 11.6. The number of carbonyl (C=O) groups excluding carboxylic acids is 1. The van der Waals surface area contributed by atoms with E-state index >= 15 is 0 Å². The molecule has 4 heteroatoms. The molecule has 1 amide bonds. The molecule has 0 aliphatic heterocycles. The third-order valence-corrected chi connectivity index (χ3v) is 3.40. The lowest BCUT2D eigenvalue weighted by molar-refractivity contribution is -0.137. The maximum absolute atomic E-state index is 11.6. The minimum absolute atomic E-state index is 0.119. The van der Waals surface area contributed by atoms with Crippen LogP contribution in [0.5, 0.6) is 0 Å². The average molecular weight is 303 g/mol. The number of aliphatic carboxylic acids is 1. The van der Waals surface area contributed by atoms with Crippen molar-refractivity contribution in [3.05, 3.63) is 41.5 Å². The van der Waals surface area contributed by atoms with Gasteiger partial charge in [-0.1, -0.05) is 44.5 Å². The van der Waals surface area contributed by atoms with Gasteiger partial charge in [0, 0.05) is 19.0 Å². The van der Waals surface area contributed by atoms with Crippen molar-refractivity contribution in [2.24, 2.45) is 0 Å². The number of carboxylic acid groups (broad SMARTS) is 1. The Kier molecular flexibility index (Phi) is 7.97. The highest BCUT2D eigenvalue weighted by atomic mass is 16.4. The van der Waals surface area contributed by atoms with E-state index in [4.69, 9.17) is 5.11 Å². The number of rotatable bonds is 9. The number of carboxylic acids is 1. The average Bonchev–Trinajstić information content (AvgIpc) is 2.48. The third kappa shape index (κ3) is 7.62. The van der Waals surface area contributed by atoms with Gasteiger partial charge in [0.05, 0.1) is 0 Å². The highest BCUT2D eigenvalue weighted by Crippen LogP contribution is 2.15. The molecule has 0 heterocycles. The molecule has 0 radical (unpaired) electrons. The van der Waals surface area contributed by atoms with Crippen molar-refractivity contribution in [2.75, 3.05) is 6.54 Å². The predicted molar refractivity (Wildman–Crippen MR) is 88.7 cm³/mol. The van der Waals surface area contributed by atoms with Crippen LogP contribution in [0, 0.1) is 0 Å². The van der Waals surface area contributed by atoms with Gasteiger partial charge in [-0.15, -0.1) is 0 Å². The lowest BCUT2D eigenvalue weighted by Crippen LogP contribution is -2.22. The fraction of sp³-hybridized carbons (Fsp3) is 0.444. The first kappa shape index (κ1) is 18.0. The highest BCUT2D eigenvalue weighted by molar-refractivity contribution is 5.91. The molecule has 0 saturated heterocycles. The van der Waals surface area contributed by atoms with E-state index in [2.05, 4.69) is 31.3 Å². The van der Waals surface area contributed by atoms with E-state index < -0.39 is 5.97 Å². The molecule has 1 aromatic carbocycles. The minimum Gasteiger partial charge on any atom is -0.481 e. The predicted octanol–water partition coefficient (Wildman–Crippen LogP) is 3.58.